The van der Waals surface area contributed by atoms with Gasteiger partial charge in [0, 0.05) is 4.24 Å². The van der Waals surface area contributed by atoms with Crippen LogP contribution in [-0.2, 0) is 20.0 Å². The van der Waals surface area contributed by atoms with Gasteiger partial charge < -0.3 is 0 Å². The summed E-state index contributed by atoms with van der Waals surface area (Å²) in [6, 6.07) is 0. The molecule has 2 aliphatic rings. The van der Waals surface area contributed by atoms with Crippen molar-refractivity contribution in [2.24, 2.45) is 0 Å². The van der Waals surface area contributed by atoms with Crippen LogP contribution in [0.1, 0.15) is 12.8 Å². The van der Waals surface area contributed by atoms with E-state index in [0.29, 0.717) is 4.24 Å². The third-order valence-corrected chi connectivity index (χ3v) is 7.30. The van der Waals surface area contributed by atoms with Crippen LogP contribution in [0.25, 0.3) is 0 Å². The molecule has 0 heterocycles. The van der Waals surface area contributed by atoms with Gasteiger partial charge in [0.1, 0.15) is 0 Å². The number of hydrogen-bond acceptors (Lipinski definition) is 0. The smallest absolute Gasteiger partial charge is 0.134 e. The zero-order chi connectivity index (χ0) is 12.0. The minimum Gasteiger partial charge on any atom is -0.134 e. The Balaban J connectivity index is 0.000000606. The van der Waals surface area contributed by atoms with E-state index in [-0.39, 0.29) is 0 Å². The van der Waals surface area contributed by atoms with Crippen LogP contribution >= 0.6 is 11.6 Å². The van der Waals surface area contributed by atoms with Crippen LogP contribution in [0.4, 0.5) is 0 Å². The molecule has 0 radical (unpaired) electrons. The maximum Gasteiger partial charge on any atom is 0.326 e. The second kappa shape index (κ2) is 7.65. The van der Waals surface area contributed by atoms with Gasteiger partial charge in [0.2, 0.25) is 0 Å². The van der Waals surface area contributed by atoms with E-state index in [1.807, 2.05) is 0 Å². The first-order valence-corrected chi connectivity index (χ1v) is 9.43. The van der Waals surface area contributed by atoms with E-state index >= 15 is 0 Å². The fourth-order valence-electron chi connectivity index (χ4n) is 1.98. The van der Waals surface area contributed by atoms with Crippen LogP contribution in [0.15, 0.2) is 46.5 Å². The van der Waals surface area contributed by atoms with Crippen LogP contribution in [0.3, 0.4) is 0 Å². The molecule has 0 aromatic rings. The Kier molecular flexibility index (Phi) is 6.90. The molecule has 0 bridgehead atoms. The van der Waals surface area contributed by atoms with Crippen LogP contribution < -0.4 is 0 Å². The molecule has 0 aliphatic heterocycles. The Bertz CT molecular complexity index is 321. The molecular formula is C13H16AlClTi. The average Bonchev–Trinajstić information content (AvgIpc) is 3.02. The van der Waals surface area contributed by atoms with Gasteiger partial charge in [-0.1, -0.05) is 42.0 Å². The van der Waals surface area contributed by atoms with Gasteiger partial charge in [0.15, 0.2) is 0 Å². The quantitative estimate of drug-likeness (QED) is 0.549. The van der Waals surface area contributed by atoms with Crippen LogP contribution in [-0.4, -0.2) is 23.2 Å². The van der Waals surface area contributed by atoms with E-state index in [2.05, 4.69) is 47.1 Å². The van der Waals surface area contributed by atoms with Crippen molar-refractivity contribution in [1.82, 2.24) is 0 Å². The van der Waals surface area contributed by atoms with Gasteiger partial charge >= 0.3 is 38.9 Å². The molecule has 82 valence electrons. The topological polar surface area (TPSA) is 0 Å². The minimum atomic E-state index is -0.946. The molecule has 0 spiro atoms. The molecule has 1 unspecified atom stereocenters. The molecule has 0 aromatic carbocycles. The summed E-state index contributed by atoms with van der Waals surface area (Å²) >= 11 is 7.31. The number of halogens is 1. The Morgan fingerprint density at radius 2 is 1.88 bits per heavy atom. The van der Waals surface area contributed by atoms with Crippen molar-refractivity contribution in [3.05, 3.63) is 46.5 Å². The van der Waals surface area contributed by atoms with Crippen molar-refractivity contribution in [1.29, 1.82) is 0 Å². The molecule has 0 saturated heterocycles. The van der Waals surface area contributed by atoms with Crippen molar-refractivity contribution >= 4 is 30.6 Å². The molecule has 0 aromatic heterocycles. The largest absolute Gasteiger partial charge is 0.326 e. The Labute approximate surface area is 119 Å². The van der Waals surface area contributed by atoms with Crippen molar-refractivity contribution < 1.29 is 20.0 Å². The summed E-state index contributed by atoms with van der Waals surface area (Å²) < 4.78 is 1.90. The van der Waals surface area contributed by atoms with E-state index in [1.165, 1.54) is 5.57 Å². The summed E-state index contributed by atoms with van der Waals surface area (Å²) in [6.07, 6.45) is 15.3. The monoisotopic (exact) mass is 282 g/mol. The summed E-state index contributed by atoms with van der Waals surface area (Å²) in [5.74, 6) is 2.36. The summed E-state index contributed by atoms with van der Waals surface area (Å²) in [4.78, 5) is 3.25. The molecule has 0 nitrogen and oxygen atoms in total. The molecule has 0 N–H and O–H groups in total. The number of hydrogen-bond donors (Lipinski definition) is 0. The summed E-state index contributed by atoms with van der Waals surface area (Å²) in [5, 5.41) is 0. The molecular weight excluding hydrogens is 266 g/mol. The van der Waals surface area contributed by atoms with E-state index < -0.39 is 14.1 Å². The molecule has 0 saturated carbocycles. The fourth-order valence-corrected chi connectivity index (χ4v) is 4.81. The summed E-state index contributed by atoms with van der Waals surface area (Å²) in [6.45, 7) is 0. The predicted molar refractivity (Wildman–Crippen MR) is 72.1 cm³/mol. The van der Waals surface area contributed by atoms with Gasteiger partial charge in [0.05, 0.1) is 0 Å². The number of alkyl halides is 1. The summed E-state index contributed by atoms with van der Waals surface area (Å²) in [5.41, 5.74) is 1.42. The molecule has 2 aliphatic carbocycles. The molecule has 2 rings (SSSR count). The van der Waals surface area contributed by atoms with Crippen molar-refractivity contribution in [3.8, 4) is 0 Å². The van der Waals surface area contributed by atoms with Crippen LogP contribution in [0.5, 0.6) is 0 Å². The number of rotatable bonds is 3. The maximum atomic E-state index is 6.50. The molecule has 0 amide bonds. The SMILES string of the molecule is [CH2]=[Ti].[CH3][Al]([C]1=CC=CC1)[CH](Cl)C1=CC=CC1. The molecule has 0 fully saturated rings. The third kappa shape index (κ3) is 3.69. The van der Waals surface area contributed by atoms with Crippen LogP contribution in [0.2, 0.25) is 5.79 Å². The van der Waals surface area contributed by atoms with Crippen LogP contribution in [0, 0.1) is 0 Å². The van der Waals surface area contributed by atoms with Crippen molar-refractivity contribution in [2.45, 2.75) is 22.9 Å². The predicted octanol–water partition coefficient (Wildman–Crippen LogP) is 3.53. The van der Waals surface area contributed by atoms with Gasteiger partial charge in [-0.2, -0.15) is 0 Å². The second-order valence-corrected chi connectivity index (χ2v) is 7.82. The van der Waals surface area contributed by atoms with Gasteiger partial charge in [-0.3, -0.25) is 0 Å². The Morgan fingerprint density at radius 1 is 1.25 bits per heavy atom. The minimum absolute atomic E-state index is 0.302. The van der Waals surface area contributed by atoms with E-state index in [4.69, 9.17) is 11.6 Å². The molecule has 16 heavy (non-hydrogen) atoms. The number of allylic oxidation sites excluding steroid dienone is 8. The Morgan fingerprint density at radius 3 is 2.38 bits per heavy atom. The first-order chi connectivity index (χ1) is 7.79. The molecule has 1 atom stereocenters. The standard InChI is InChI=1S/C6H6Cl.C5H5.CH3.CH2.Al.Ti/c7-5-6-3-1-2-4-6;1-2-4-5-3-1;;;;/h1-3,5H,4H2;1-3H,4H2;1H3;1H2;;. The zero-order valence-corrected chi connectivity index (χ0v) is 13.1. The third-order valence-electron chi connectivity index (χ3n) is 2.98. The first kappa shape index (κ1) is 14.4. The van der Waals surface area contributed by atoms with Gasteiger partial charge in [0.25, 0.3) is 0 Å². The van der Waals surface area contributed by atoms with Crippen molar-refractivity contribution in [3.63, 3.8) is 0 Å². The second-order valence-electron chi connectivity index (χ2n) is 3.94. The van der Waals surface area contributed by atoms with Gasteiger partial charge in [-0.05, 0) is 12.8 Å². The average molecular weight is 283 g/mol. The maximum absolute atomic E-state index is 6.50. The fraction of sp³-hybridized carbons (Fsp3) is 0.308. The van der Waals surface area contributed by atoms with E-state index in [0.717, 1.165) is 12.8 Å². The van der Waals surface area contributed by atoms with E-state index in [1.54, 1.807) is 24.4 Å². The Hall–Kier alpha value is 0.367. The molecule has 3 heteroatoms. The van der Waals surface area contributed by atoms with E-state index in [9.17, 15) is 0 Å². The van der Waals surface area contributed by atoms with Gasteiger partial charge in [-0.25, -0.2) is 0 Å². The first-order valence-electron chi connectivity index (χ1n) is 5.49. The normalized spacial score (nSPS) is 18.6. The van der Waals surface area contributed by atoms with Crippen molar-refractivity contribution in [2.75, 3.05) is 0 Å². The zero-order valence-electron chi connectivity index (χ0n) is 9.62. The van der Waals surface area contributed by atoms with Gasteiger partial charge in [-0.15, -0.1) is 21.8 Å². The summed E-state index contributed by atoms with van der Waals surface area (Å²) in [7, 11) is 0.